The van der Waals surface area contributed by atoms with Crippen molar-refractivity contribution in [1.29, 1.82) is 0 Å². The number of hydrogen-bond acceptors (Lipinski definition) is 6. The van der Waals surface area contributed by atoms with Gasteiger partial charge in [-0.05, 0) is 56.3 Å². The Morgan fingerprint density at radius 1 is 1.07 bits per heavy atom. The van der Waals surface area contributed by atoms with Crippen molar-refractivity contribution in [2.75, 3.05) is 6.61 Å². The highest BCUT2D eigenvalue weighted by Crippen LogP contribution is 2.67. The van der Waals surface area contributed by atoms with Crippen LogP contribution in [0.25, 0.3) is 0 Å². The van der Waals surface area contributed by atoms with Crippen molar-refractivity contribution in [2.45, 2.75) is 90.3 Å². The monoisotopic (exact) mass is 406 g/mol. The molecule has 4 rings (SSSR count). The SMILES string of the molecule is CC(=O)OC[C@]12CCCC[C@@]1(O)[C@H](OC(C)=O)C[C@@H]1[C@@H]2CC[C@]2(C)C(=O)CC[C@@H]12. The molecule has 0 amide bonds. The maximum Gasteiger partial charge on any atom is 0.303 e. The third-order valence-corrected chi connectivity index (χ3v) is 9.01. The topological polar surface area (TPSA) is 89.9 Å². The largest absolute Gasteiger partial charge is 0.465 e. The van der Waals surface area contributed by atoms with Gasteiger partial charge >= 0.3 is 11.9 Å². The zero-order valence-electron chi connectivity index (χ0n) is 17.9. The van der Waals surface area contributed by atoms with Crippen molar-refractivity contribution in [3.63, 3.8) is 0 Å². The minimum Gasteiger partial charge on any atom is -0.465 e. The molecule has 7 atom stereocenters. The normalized spacial score (nSPS) is 46.3. The van der Waals surface area contributed by atoms with E-state index in [1.165, 1.54) is 13.8 Å². The lowest BCUT2D eigenvalue weighted by Crippen LogP contribution is -2.70. The van der Waals surface area contributed by atoms with Crippen LogP contribution in [0.15, 0.2) is 0 Å². The Labute approximate surface area is 172 Å². The summed E-state index contributed by atoms with van der Waals surface area (Å²) in [7, 11) is 0. The fourth-order valence-electron chi connectivity index (χ4n) is 7.68. The molecule has 0 aromatic heterocycles. The van der Waals surface area contributed by atoms with Crippen LogP contribution in [-0.4, -0.2) is 41.1 Å². The molecule has 1 N–H and O–H groups in total. The molecule has 4 aliphatic carbocycles. The average Bonchev–Trinajstić information content (AvgIpc) is 2.95. The lowest BCUT2D eigenvalue weighted by atomic mass is 9.42. The molecule has 0 bridgehead atoms. The minimum absolute atomic E-state index is 0.162. The molecule has 4 saturated carbocycles. The number of esters is 2. The number of Topliss-reactive ketones (excluding diaryl/α,β-unsaturated/α-hetero) is 1. The number of fused-ring (bicyclic) bond motifs is 5. The van der Waals surface area contributed by atoms with Crippen molar-refractivity contribution in [2.24, 2.45) is 28.6 Å². The van der Waals surface area contributed by atoms with Gasteiger partial charge in [-0.15, -0.1) is 0 Å². The zero-order valence-corrected chi connectivity index (χ0v) is 17.9. The molecule has 0 radical (unpaired) electrons. The summed E-state index contributed by atoms with van der Waals surface area (Å²) in [5, 5.41) is 12.0. The first-order chi connectivity index (χ1) is 13.6. The number of rotatable bonds is 3. The van der Waals surface area contributed by atoms with Crippen molar-refractivity contribution >= 4 is 17.7 Å². The summed E-state index contributed by atoms with van der Waals surface area (Å²) in [5.74, 6) is 0.211. The number of carbonyl (C=O) groups excluding carboxylic acids is 3. The molecule has 0 saturated heterocycles. The standard InChI is InChI=1S/C23H34O6/c1-14(24)28-13-22-9-4-5-10-23(22,27)20(29-15(2)25)12-16-17-6-7-19(26)21(17,3)11-8-18(16)22/h16-18,20,27H,4-13H2,1-3H3/t16-,17-,18-,20+,21-,22-,23+/m0/s1. The van der Waals surface area contributed by atoms with E-state index in [2.05, 4.69) is 6.92 Å². The summed E-state index contributed by atoms with van der Waals surface area (Å²) in [6, 6.07) is 0. The second-order valence-electron chi connectivity index (χ2n) is 10.2. The Bertz CT molecular complexity index is 718. The number of hydrogen-bond donors (Lipinski definition) is 1. The number of ether oxygens (including phenoxy) is 2. The molecule has 4 aliphatic rings. The van der Waals surface area contributed by atoms with Crippen LogP contribution in [0.3, 0.4) is 0 Å². The quantitative estimate of drug-likeness (QED) is 0.724. The number of aliphatic hydroxyl groups is 1. The summed E-state index contributed by atoms with van der Waals surface area (Å²) in [6.45, 7) is 5.05. The van der Waals surface area contributed by atoms with Crippen molar-refractivity contribution in [1.82, 2.24) is 0 Å². The minimum atomic E-state index is -1.19. The maximum absolute atomic E-state index is 12.7. The fraction of sp³-hybridized carbons (Fsp3) is 0.870. The summed E-state index contributed by atoms with van der Waals surface area (Å²) >= 11 is 0. The van der Waals surface area contributed by atoms with Gasteiger partial charge in [-0.1, -0.05) is 19.8 Å². The van der Waals surface area contributed by atoms with Gasteiger partial charge in [-0.25, -0.2) is 0 Å². The average molecular weight is 407 g/mol. The van der Waals surface area contributed by atoms with E-state index in [1.54, 1.807) is 0 Å². The molecule has 6 heteroatoms. The summed E-state index contributed by atoms with van der Waals surface area (Å²) < 4.78 is 11.3. The van der Waals surface area contributed by atoms with Crippen LogP contribution < -0.4 is 0 Å². The summed E-state index contributed by atoms with van der Waals surface area (Å²) in [6.07, 6.45) is 6.27. The predicted molar refractivity (Wildman–Crippen MR) is 105 cm³/mol. The molecule has 0 spiro atoms. The Morgan fingerprint density at radius 3 is 2.48 bits per heavy atom. The van der Waals surface area contributed by atoms with Gasteiger partial charge in [0.15, 0.2) is 0 Å². The first kappa shape index (κ1) is 20.8. The van der Waals surface area contributed by atoms with E-state index in [1.807, 2.05) is 0 Å². The molecule has 0 aliphatic heterocycles. The molecular weight excluding hydrogens is 372 g/mol. The first-order valence-electron chi connectivity index (χ1n) is 11.2. The van der Waals surface area contributed by atoms with Crippen LogP contribution in [0.2, 0.25) is 0 Å². The van der Waals surface area contributed by atoms with E-state index in [4.69, 9.17) is 9.47 Å². The Balaban J connectivity index is 1.78. The second-order valence-corrected chi connectivity index (χ2v) is 10.2. The van der Waals surface area contributed by atoms with Gasteiger partial charge in [0.25, 0.3) is 0 Å². The lowest BCUT2D eigenvalue weighted by Gasteiger charge is -2.65. The first-order valence-corrected chi connectivity index (χ1v) is 11.2. The van der Waals surface area contributed by atoms with Crippen LogP contribution in [0.1, 0.15) is 78.6 Å². The van der Waals surface area contributed by atoms with E-state index in [0.717, 1.165) is 38.5 Å². The lowest BCUT2D eigenvalue weighted by molar-refractivity contribution is -0.274. The molecule has 29 heavy (non-hydrogen) atoms. The smallest absolute Gasteiger partial charge is 0.303 e. The molecule has 0 aromatic carbocycles. The van der Waals surface area contributed by atoms with E-state index < -0.39 is 23.1 Å². The molecule has 0 aromatic rings. The molecule has 162 valence electrons. The molecular formula is C23H34O6. The van der Waals surface area contributed by atoms with Gasteiger partial charge in [-0.2, -0.15) is 0 Å². The Morgan fingerprint density at radius 2 is 1.79 bits per heavy atom. The number of ketones is 1. The van der Waals surface area contributed by atoms with Gasteiger partial charge in [0.05, 0.1) is 0 Å². The van der Waals surface area contributed by atoms with E-state index in [-0.39, 0.29) is 35.7 Å². The summed E-state index contributed by atoms with van der Waals surface area (Å²) in [5.41, 5.74) is -2.12. The molecule has 6 nitrogen and oxygen atoms in total. The second kappa shape index (κ2) is 7.07. The number of carbonyl (C=O) groups is 3. The van der Waals surface area contributed by atoms with Crippen molar-refractivity contribution in [3.8, 4) is 0 Å². The van der Waals surface area contributed by atoms with Crippen LogP contribution in [-0.2, 0) is 23.9 Å². The van der Waals surface area contributed by atoms with Gasteiger partial charge < -0.3 is 14.6 Å². The molecule has 0 unspecified atom stereocenters. The maximum atomic E-state index is 12.7. The van der Waals surface area contributed by atoms with Crippen molar-refractivity contribution < 1.29 is 29.0 Å². The third kappa shape index (κ3) is 2.96. The van der Waals surface area contributed by atoms with Crippen molar-refractivity contribution in [3.05, 3.63) is 0 Å². The highest BCUT2D eigenvalue weighted by atomic mass is 16.6. The highest BCUT2D eigenvalue weighted by molar-refractivity contribution is 5.87. The third-order valence-electron chi connectivity index (χ3n) is 9.01. The highest BCUT2D eigenvalue weighted by Gasteiger charge is 2.69. The van der Waals surface area contributed by atoms with E-state index >= 15 is 0 Å². The predicted octanol–water partition coefficient (Wildman–Crippen LogP) is 3.19. The van der Waals surface area contributed by atoms with Crippen LogP contribution in [0, 0.1) is 28.6 Å². The molecule has 0 heterocycles. The van der Waals surface area contributed by atoms with Gasteiger partial charge in [-0.3, -0.25) is 14.4 Å². The fourth-order valence-corrected chi connectivity index (χ4v) is 7.68. The van der Waals surface area contributed by atoms with Gasteiger partial charge in [0.1, 0.15) is 24.1 Å². The van der Waals surface area contributed by atoms with Crippen LogP contribution in [0.5, 0.6) is 0 Å². The van der Waals surface area contributed by atoms with Crippen LogP contribution >= 0.6 is 0 Å². The Kier molecular flexibility index (Phi) is 5.08. The Hall–Kier alpha value is -1.43. The zero-order chi connectivity index (χ0) is 21.0. The van der Waals surface area contributed by atoms with Gasteiger partial charge in [0.2, 0.25) is 0 Å². The van der Waals surface area contributed by atoms with E-state index in [9.17, 15) is 19.5 Å². The molecule has 4 fully saturated rings. The van der Waals surface area contributed by atoms with Gasteiger partial charge in [0, 0.05) is 31.1 Å². The van der Waals surface area contributed by atoms with E-state index in [0.29, 0.717) is 25.0 Å². The van der Waals surface area contributed by atoms with Crippen LogP contribution in [0.4, 0.5) is 0 Å². The summed E-state index contributed by atoms with van der Waals surface area (Å²) in [4.78, 5) is 36.4.